The Morgan fingerprint density at radius 3 is 3.08 bits per heavy atom. The number of carbonyl (C=O) groups excluding carboxylic acids is 1. The highest BCUT2D eigenvalue weighted by atomic mass is 32.1. The second kappa shape index (κ2) is 7.06. The van der Waals surface area contributed by atoms with E-state index in [4.69, 9.17) is 0 Å². The van der Waals surface area contributed by atoms with Crippen LogP contribution in [0.4, 0.5) is 5.69 Å². The molecule has 0 aliphatic carbocycles. The van der Waals surface area contributed by atoms with Crippen LogP contribution in [0.25, 0.3) is 10.6 Å². The molecule has 7 nitrogen and oxygen atoms in total. The fraction of sp³-hybridized carbons (Fsp3) is 0.375. The van der Waals surface area contributed by atoms with Crippen molar-refractivity contribution in [2.45, 2.75) is 19.4 Å². The van der Waals surface area contributed by atoms with Crippen molar-refractivity contribution in [2.75, 3.05) is 13.1 Å². The first-order valence-electron chi connectivity index (χ1n) is 7.76. The lowest BCUT2D eigenvalue weighted by atomic mass is 9.95. The molecule has 1 saturated heterocycles. The second-order valence-electron chi connectivity index (χ2n) is 5.90. The van der Waals surface area contributed by atoms with Crippen LogP contribution in [0.2, 0.25) is 0 Å². The largest absolute Gasteiger partial charge is 0.348 e. The van der Waals surface area contributed by atoms with Crippen LogP contribution >= 0.6 is 11.3 Å². The molecule has 1 aromatic heterocycles. The lowest BCUT2D eigenvalue weighted by molar-refractivity contribution is -0.384. The Labute approximate surface area is 143 Å². The van der Waals surface area contributed by atoms with Crippen molar-refractivity contribution in [3.05, 3.63) is 45.5 Å². The van der Waals surface area contributed by atoms with Crippen molar-refractivity contribution in [3.63, 3.8) is 0 Å². The molecular weight excluding hydrogens is 328 g/mol. The molecule has 2 atom stereocenters. The fourth-order valence-electron chi connectivity index (χ4n) is 2.73. The molecule has 8 heteroatoms. The minimum Gasteiger partial charge on any atom is -0.348 e. The number of hydrogen-bond donors (Lipinski definition) is 2. The molecule has 0 spiro atoms. The molecule has 2 N–H and O–H groups in total. The highest BCUT2D eigenvalue weighted by molar-refractivity contribution is 7.13. The first-order valence-corrected chi connectivity index (χ1v) is 8.64. The van der Waals surface area contributed by atoms with Gasteiger partial charge in [-0.15, -0.1) is 11.3 Å². The summed E-state index contributed by atoms with van der Waals surface area (Å²) < 4.78 is 0. The molecule has 2 aromatic rings. The zero-order chi connectivity index (χ0) is 17.1. The van der Waals surface area contributed by atoms with Gasteiger partial charge in [-0.2, -0.15) is 0 Å². The van der Waals surface area contributed by atoms with Crippen LogP contribution in [0.1, 0.15) is 23.8 Å². The zero-order valence-electron chi connectivity index (χ0n) is 13.2. The van der Waals surface area contributed by atoms with Gasteiger partial charge in [-0.3, -0.25) is 14.9 Å². The maximum Gasteiger partial charge on any atom is 0.271 e. The Kier molecular flexibility index (Phi) is 4.86. The smallest absolute Gasteiger partial charge is 0.271 e. The summed E-state index contributed by atoms with van der Waals surface area (Å²) in [7, 11) is 0. The van der Waals surface area contributed by atoms with Gasteiger partial charge in [0.2, 0.25) is 0 Å². The van der Waals surface area contributed by atoms with Crippen molar-refractivity contribution in [2.24, 2.45) is 5.92 Å². The highest BCUT2D eigenvalue weighted by Crippen LogP contribution is 2.27. The number of rotatable bonds is 4. The van der Waals surface area contributed by atoms with Crippen molar-refractivity contribution < 1.29 is 9.72 Å². The Bertz CT molecular complexity index is 761. The number of non-ortho nitro benzene ring substituents is 1. The number of amides is 1. The number of carbonyl (C=O) groups is 1. The molecule has 1 aromatic carbocycles. The number of aromatic nitrogens is 1. The Balaban J connectivity index is 1.74. The van der Waals surface area contributed by atoms with Gasteiger partial charge in [0.05, 0.1) is 4.92 Å². The third-order valence-corrected chi connectivity index (χ3v) is 5.03. The number of piperidine rings is 1. The average Bonchev–Trinajstić information content (AvgIpc) is 3.07. The summed E-state index contributed by atoms with van der Waals surface area (Å²) in [4.78, 5) is 27.2. The minimum absolute atomic E-state index is 0.0113. The molecule has 1 aliphatic rings. The van der Waals surface area contributed by atoms with E-state index in [1.165, 1.54) is 23.5 Å². The molecule has 0 radical (unpaired) electrons. The number of nitrogens with one attached hydrogen (secondary N) is 2. The van der Waals surface area contributed by atoms with Crippen molar-refractivity contribution >= 4 is 22.9 Å². The first-order chi connectivity index (χ1) is 11.5. The molecule has 1 aliphatic heterocycles. The first kappa shape index (κ1) is 16.5. The van der Waals surface area contributed by atoms with Crippen LogP contribution in [0.15, 0.2) is 29.6 Å². The Morgan fingerprint density at radius 1 is 1.50 bits per heavy atom. The minimum atomic E-state index is -0.441. The molecule has 24 heavy (non-hydrogen) atoms. The Hall–Kier alpha value is -2.32. The van der Waals surface area contributed by atoms with E-state index in [0.29, 0.717) is 22.2 Å². The molecule has 1 fully saturated rings. The number of nitrogens with zero attached hydrogens (tertiary/aromatic N) is 2. The van der Waals surface area contributed by atoms with E-state index < -0.39 is 4.92 Å². The van der Waals surface area contributed by atoms with Crippen molar-refractivity contribution in [3.8, 4) is 10.6 Å². The quantitative estimate of drug-likeness (QED) is 0.655. The van der Waals surface area contributed by atoms with Crippen LogP contribution in [0, 0.1) is 16.0 Å². The molecule has 3 rings (SSSR count). The average molecular weight is 346 g/mol. The van der Waals surface area contributed by atoms with Crippen molar-refractivity contribution in [1.82, 2.24) is 15.6 Å². The summed E-state index contributed by atoms with van der Waals surface area (Å²) in [5.74, 6) is 0.180. The van der Waals surface area contributed by atoms with Gasteiger partial charge in [-0.05, 0) is 25.4 Å². The van der Waals surface area contributed by atoms with Crippen LogP contribution in [-0.4, -0.2) is 34.9 Å². The number of nitro groups is 1. The fourth-order valence-corrected chi connectivity index (χ4v) is 3.53. The predicted molar refractivity (Wildman–Crippen MR) is 92.1 cm³/mol. The van der Waals surface area contributed by atoms with Gasteiger partial charge in [-0.1, -0.05) is 19.1 Å². The second-order valence-corrected chi connectivity index (χ2v) is 6.75. The van der Waals surface area contributed by atoms with E-state index in [1.807, 2.05) is 0 Å². The summed E-state index contributed by atoms with van der Waals surface area (Å²) in [6.07, 6.45) is 0.898. The highest BCUT2D eigenvalue weighted by Gasteiger charge is 2.24. The van der Waals surface area contributed by atoms with E-state index in [0.717, 1.165) is 19.5 Å². The summed E-state index contributed by atoms with van der Waals surface area (Å²) in [5, 5.41) is 19.5. The molecule has 126 valence electrons. The maximum absolute atomic E-state index is 12.4. The van der Waals surface area contributed by atoms with E-state index in [1.54, 1.807) is 17.5 Å². The lowest BCUT2D eigenvalue weighted by Gasteiger charge is -2.29. The van der Waals surface area contributed by atoms with Gasteiger partial charge < -0.3 is 10.6 Å². The van der Waals surface area contributed by atoms with Gasteiger partial charge >= 0.3 is 0 Å². The molecule has 2 unspecified atom stereocenters. The van der Waals surface area contributed by atoms with Crippen LogP contribution < -0.4 is 10.6 Å². The van der Waals surface area contributed by atoms with E-state index in [9.17, 15) is 14.9 Å². The number of thiazole rings is 1. The monoisotopic (exact) mass is 346 g/mol. The SMILES string of the molecule is CC1CNCCC1NC(=O)c1csc(-c2cccc([N+](=O)[O-])c2)n1. The van der Waals surface area contributed by atoms with E-state index in [-0.39, 0.29) is 17.6 Å². The topological polar surface area (TPSA) is 97.2 Å². The zero-order valence-corrected chi connectivity index (χ0v) is 14.0. The van der Waals surface area contributed by atoms with Gasteiger partial charge in [-0.25, -0.2) is 4.98 Å². The third kappa shape index (κ3) is 3.60. The summed E-state index contributed by atoms with van der Waals surface area (Å²) >= 11 is 1.31. The molecule has 1 amide bonds. The predicted octanol–water partition coefficient (Wildman–Crippen LogP) is 2.45. The van der Waals surface area contributed by atoms with Crippen LogP contribution in [0.5, 0.6) is 0 Å². The summed E-state index contributed by atoms with van der Waals surface area (Å²) in [5.41, 5.74) is 1.01. The molecule has 0 bridgehead atoms. The third-order valence-electron chi connectivity index (χ3n) is 4.14. The molecule has 2 heterocycles. The van der Waals surface area contributed by atoms with Gasteiger partial charge in [0.1, 0.15) is 10.7 Å². The van der Waals surface area contributed by atoms with Gasteiger partial charge in [0.25, 0.3) is 11.6 Å². The molecular formula is C16H18N4O3S. The summed E-state index contributed by atoms with van der Waals surface area (Å²) in [6, 6.07) is 6.41. The lowest BCUT2D eigenvalue weighted by Crippen LogP contribution is -2.48. The van der Waals surface area contributed by atoms with Gasteiger partial charge in [0.15, 0.2) is 0 Å². The van der Waals surface area contributed by atoms with E-state index >= 15 is 0 Å². The number of hydrogen-bond acceptors (Lipinski definition) is 6. The number of nitro benzene ring substituents is 1. The number of benzene rings is 1. The normalized spacial score (nSPS) is 20.5. The van der Waals surface area contributed by atoms with Crippen LogP contribution in [0.3, 0.4) is 0 Å². The standard InChI is InChI=1S/C16H18N4O3S/c1-10-8-17-6-5-13(10)18-15(21)14-9-24-16(19-14)11-3-2-4-12(7-11)20(22)23/h2-4,7,9-10,13,17H,5-6,8H2,1H3,(H,18,21). The maximum atomic E-state index is 12.4. The summed E-state index contributed by atoms with van der Waals surface area (Å²) in [6.45, 7) is 3.89. The van der Waals surface area contributed by atoms with Gasteiger partial charge in [0, 0.05) is 29.1 Å². The Morgan fingerprint density at radius 2 is 2.33 bits per heavy atom. The van der Waals surface area contributed by atoms with Crippen molar-refractivity contribution in [1.29, 1.82) is 0 Å². The van der Waals surface area contributed by atoms with Crippen LogP contribution in [-0.2, 0) is 0 Å². The van der Waals surface area contributed by atoms with E-state index in [2.05, 4.69) is 22.5 Å². The molecule has 0 saturated carbocycles.